The molecule has 0 amide bonds. The van der Waals surface area contributed by atoms with Crippen LogP contribution in [-0.4, -0.2) is 25.7 Å². The summed E-state index contributed by atoms with van der Waals surface area (Å²) >= 11 is 2.18. The van der Waals surface area contributed by atoms with Crippen LogP contribution < -0.4 is 9.47 Å². The van der Waals surface area contributed by atoms with Crippen LogP contribution in [0.5, 0.6) is 11.5 Å². The summed E-state index contributed by atoms with van der Waals surface area (Å²) in [4.78, 5) is 23.0. The third-order valence-corrected chi connectivity index (χ3v) is 3.40. The number of carbonyl (C=O) groups is 2. The lowest BCUT2D eigenvalue weighted by Crippen LogP contribution is -2.17. The van der Waals surface area contributed by atoms with Gasteiger partial charge in [0.05, 0.1) is 12.7 Å². The molecule has 5 nitrogen and oxygen atoms in total. The highest BCUT2D eigenvalue weighted by atomic mass is 127. The largest absolute Gasteiger partial charge is 0.482 e. The minimum atomic E-state index is -0.524. The van der Waals surface area contributed by atoms with Crippen molar-refractivity contribution in [2.45, 2.75) is 0 Å². The lowest BCUT2D eigenvalue weighted by atomic mass is 10.2. The predicted molar refractivity (Wildman–Crippen MR) is 88.1 cm³/mol. The topological polar surface area (TPSA) is 61.8 Å². The minimum Gasteiger partial charge on any atom is -0.482 e. The second kappa shape index (κ2) is 7.79. The molecule has 0 N–H and O–H groups in total. The van der Waals surface area contributed by atoms with E-state index in [0.29, 0.717) is 17.1 Å². The smallest absolute Gasteiger partial charge is 0.349 e. The van der Waals surface area contributed by atoms with Gasteiger partial charge in [0, 0.05) is 3.57 Å². The number of methoxy groups -OCH3 is 1. The summed E-state index contributed by atoms with van der Waals surface area (Å²) in [5.41, 5.74) is 0.387. The van der Waals surface area contributed by atoms with Crippen LogP contribution in [0, 0.1) is 3.57 Å². The van der Waals surface area contributed by atoms with Crippen molar-refractivity contribution in [2.24, 2.45) is 0 Å². The van der Waals surface area contributed by atoms with Gasteiger partial charge in [-0.3, -0.25) is 0 Å². The van der Waals surface area contributed by atoms with Crippen LogP contribution in [0.3, 0.4) is 0 Å². The SMILES string of the molecule is COC(=O)c1ccc(OC(=O)COc2ccc(I)cc2)cc1. The van der Waals surface area contributed by atoms with Crippen LogP contribution in [0.2, 0.25) is 0 Å². The highest BCUT2D eigenvalue weighted by Crippen LogP contribution is 2.15. The van der Waals surface area contributed by atoms with E-state index in [0.717, 1.165) is 3.57 Å². The minimum absolute atomic E-state index is 0.195. The molecule has 114 valence electrons. The van der Waals surface area contributed by atoms with Crippen LogP contribution >= 0.6 is 22.6 Å². The van der Waals surface area contributed by atoms with Gasteiger partial charge in [0.2, 0.25) is 0 Å². The molecule has 0 aromatic heterocycles. The molecule has 2 rings (SSSR count). The molecule has 6 heteroatoms. The average molecular weight is 412 g/mol. The Balaban J connectivity index is 1.86. The summed E-state index contributed by atoms with van der Waals surface area (Å²) in [6.45, 7) is -0.195. The third kappa shape index (κ3) is 4.73. The second-order valence-corrected chi connectivity index (χ2v) is 5.48. The number of benzene rings is 2. The van der Waals surface area contributed by atoms with Gasteiger partial charge < -0.3 is 14.2 Å². The quantitative estimate of drug-likeness (QED) is 0.429. The van der Waals surface area contributed by atoms with Crippen molar-refractivity contribution in [1.29, 1.82) is 0 Å². The van der Waals surface area contributed by atoms with E-state index in [4.69, 9.17) is 9.47 Å². The van der Waals surface area contributed by atoms with Gasteiger partial charge in [-0.15, -0.1) is 0 Å². The summed E-state index contributed by atoms with van der Waals surface area (Å²) in [5.74, 6) is -0.0356. The van der Waals surface area contributed by atoms with Crippen LogP contribution in [0.15, 0.2) is 48.5 Å². The molecular weight excluding hydrogens is 399 g/mol. The van der Waals surface area contributed by atoms with Crippen LogP contribution in [0.25, 0.3) is 0 Å². The normalized spacial score (nSPS) is 9.91. The molecule has 0 fully saturated rings. The molecule has 0 heterocycles. The van der Waals surface area contributed by atoms with Crippen molar-refractivity contribution in [1.82, 2.24) is 0 Å². The van der Waals surface area contributed by atoms with E-state index in [1.54, 1.807) is 12.1 Å². The number of ether oxygens (including phenoxy) is 3. The van der Waals surface area contributed by atoms with Crippen LogP contribution in [-0.2, 0) is 9.53 Å². The summed E-state index contributed by atoms with van der Waals surface area (Å²) in [6.07, 6.45) is 0. The number of hydrogen-bond acceptors (Lipinski definition) is 5. The van der Waals surface area contributed by atoms with E-state index >= 15 is 0 Å². The van der Waals surface area contributed by atoms with Crippen molar-refractivity contribution in [2.75, 3.05) is 13.7 Å². The van der Waals surface area contributed by atoms with E-state index in [1.807, 2.05) is 12.1 Å². The third-order valence-electron chi connectivity index (χ3n) is 2.68. The summed E-state index contributed by atoms with van der Waals surface area (Å²) in [5, 5.41) is 0. The lowest BCUT2D eigenvalue weighted by molar-refractivity contribution is -0.136. The first-order valence-corrected chi connectivity index (χ1v) is 7.44. The Kier molecular flexibility index (Phi) is 5.76. The van der Waals surface area contributed by atoms with E-state index in [2.05, 4.69) is 27.3 Å². The Morgan fingerprint density at radius 1 is 0.955 bits per heavy atom. The first-order chi connectivity index (χ1) is 10.6. The molecule has 2 aromatic carbocycles. The molecule has 22 heavy (non-hydrogen) atoms. The number of rotatable bonds is 5. The fourth-order valence-electron chi connectivity index (χ4n) is 1.61. The molecule has 2 aromatic rings. The maximum Gasteiger partial charge on any atom is 0.349 e. The Hall–Kier alpha value is -2.09. The predicted octanol–water partition coefficient (Wildman–Crippen LogP) is 3.06. The highest BCUT2D eigenvalue weighted by Gasteiger charge is 2.08. The molecule has 0 aliphatic heterocycles. The Morgan fingerprint density at radius 2 is 1.55 bits per heavy atom. The lowest BCUT2D eigenvalue weighted by Gasteiger charge is -2.07. The van der Waals surface area contributed by atoms with Crippen LogP contribution in [0.1, 0.15) is 10.4 Å². The van der Waals surface area contributed by atoms with Crippen molar-refractivity contribution >= 4 is 34.5 Å². The fraction of sp³-hybridized carbons (Fsp3) is 0.125. The first-order valence-electron chi connectivity index (χ1n) is 6.36. The second-order valence-electron chi connectivity index (χ2n) is 4.23. The van der Waals surface area contributed by atoms with Gasteiger partial charge in [-0.2, -0.15) is 0 Å². The Labute approximate surface area is 141 Å². The monoisotopic (exact) mass is 412 g/mol. The van der Waals surface area contributed by atoms with Gasteiger partial charge in [0.15, 0.2) is 6.61 Å². The maximum atomic E-state index is 11.7. The molecule has 0 aliphatic carbocycles. The summed E-state index contributed by atoms with van der Waals surface area (Å²) < 4.78 is 16.1. The zero-order valence-corrected chi connectivity index (χ0v) is 13.9. The zero-order valence-electron chi connectivity index (χ0n) is 11.7. The average Bonchev–Trinajstić information content (AvgIpc) is 2.54. The number of carbonyl (C=O) groups excluding carboxylic acids is 2. The molecule has 0 aliphatic rings. The van der Waals surface area contributed by atoms with E-state index in [-0.39, 0.29) is 6.61 Å². The maximum absolute atomic E-state index is 11.7. The summed E-state index contributed by atoms with van der Waals surface area (Å²) in [6, 6.07) is 13.4. The van der Waals surface area contributed by atoms with Crippen LogP contribution in [0.4, 0.5) is 0 Å². The van der Waals surface area contributed by atoms with Gasteiger partial charge in [0.1, 0.15) is 11.5 Å². The molecule has 0 spiro atoms. The van der Waals surface area contributed by atoms with Gasteiger partial charge in [0.25, 0.3) is 0 Å². The Bertz CT molecular complexity index is 649. The summed E-state index contributed by atoms with van der Waals surface area (Å²) in [7, 11) is 1.30. The van der Waals surface area contributed by atoms with Gasteiger partial charge in [-0.1, -0.05) is 0 Å². The molecule has 0 unspecified atom stereocenters. The van der Waals surface area contributed by atoms with E-state index in [9.17, 15) is 9.59 Å². The van der Waals surface area contributed by atoms with Crippen molar-refractivity contribution in [3.63, 3.8) is 0 Å². The van der Waals surface area contributed by atoms with Crippen molar-refractivity contribution in [3.8, 4) is 11.5 Å². The number of hydrogen-bond donors (Lipinski definition) is 0. The number of esters is 2. The van der Waals surface area contributed by atoms with Crippen molar-refractivity contribution < 1.29 is 23.8 Å². The molecule has 0 radical (unpaired) electrons. The first kappa shape index (κ1) is 16.3. The fourth-order valence-corrected chi connectivity index (χ4v) is 1.97. The molecule has 0 saturated carbocycles. The zero-order chi connectivity index (χ0) is 15.9. The highest BCUT2D eigenvalue weighted by molar-refractivity contribution is 14.1. The van der Waals surface area contributed by atoms with E-state index < -0.39 is 11.9 Å². The van der Waals surface area contributed by atoms with E-state index in [1.165, 1.54) is 31.4 Å². The van der Waals surface area contributed by atoms with Crippen molar-refractivity contribution in [3.05, 3.63) is 57.7 Å². The number of halogens is 1. The van der Waals surface area contributed by atoms with Gasteiger partial charge >= 0.3 is 11.9 Å². The molecular formula is C16H13IO5. The molecule has 0 bridgehead atoms. The Morgan fingerprint density at radius 3 is 2.14 bits per heavy atom. The standard InChI is InChI=1S/C16H13IO5/c1-20-16(19)11-2-6-14(7-3-11)22-15(18)10-21-13-8-4-12(17)5-9-13/h2-9H,10H2,1H3. The molecule has 0 atom stereocenters. The molecule has 0 saturated heterocycles. The van der Waals surface area contributed by atoms with Gasteiger partial charge in [-0.25, -0.2) is 9.59 Å². The van der Waals surface area contributed by atoms with Gasteiger partial charge in [-0.05, 0) is 71.1 Å².